The standard InChI is InChI=1S/C10H12F2N4/c11-9(12)6-16-10(7-2-1-3-7)8(4-5-13)14-15-16/h7,9H,1-4,6H2. The van der Waals surface area contributed by atoms with E-state index in [-0.39, 0.29) is 12.3 Å². The molecule has 0 unspecified atom stereocenters. The number of aromatic nitrogens is 3. The van der Waals surface area contributed by atoms with E-state index >= 15 is 0 Å². The number of hydrogen-bond donors (Lipinski definition) is 0. The molecule has 1 fully saturated rings. The first kappa shape index (κ1) is 11.0. The molecule has 1 aromatic rings. The number of nitrogens with zero attached hydrogens (tertiary/aromatic N) is 4. The average Bonchev–Trinajstić information content (AvgIpc) is 2.48. The molecule has 6 heteroatoms. The van der Waals surface area contributed by atoms with Crippen molar-refractivity contribution in [3.05, 3.63) is 11.4 Å². The fourth-order valence-electron chi connectivity index (χ4n) is 1.95. The van der Waals surface area contributed by atoms with Crippen LogP contribution < -0.4 is 0 Å². The maximum atomic E-state index is 12.3. The van der Waals surface area contributed by atoms with Crippen LogP contribution in [0.1, 0.15) is 36.6 Å². The van der Waals surface area contributed by atoms with Crippen LogP contribution in [0.25, 0.3) is 0 Å². The van der Waals surface area contributed by atoms with Gasteiger partial charge in [-0.25, -0.2) is 13.5 Å². The SMILES string of the molecule is N#CCc1nnn(CC(F)F)c1C1CCC1. The summed E-state index contributed by atoms with van der Waals surface area (Å²) in [6.07, 6.45) is 0.783. The van der Waals surface area contributed by atoms with Gasteiger partial charge in [-0.1, -0.05) is 11.6 Å². The minimum absolute atomic E-state index is 0.148. The molecule has 0 saturated heterocycles. The molecule has 1 aromatic heterocycles. The van der Waals surface area contributed by atoms with Crippen LogP contribution in [0.3, 0.4) is 0 Å². The summed E-state index contributed by atoms with van der Waals surface area (Å²) in [4.78, 5) is 0. The lowest BCUT2D eigenvalue weighted by molar-refractivity contribution is 0.118. The van der Waals surface area contributed by atoms with Crippen molar-refractivity contribution in [1.29, 1.82) is 5.26 Å². The number of halogens is 2. The minimum atomic E-state index is -2.43. The van der Waals surface area contributed by atoms with Gasteiger partial charge in [0.25, 0.3) is 6.43 Å². The van der Waals surface area contributed by atoms with E-state index in [1.165, 1.54) is 4.68 Å². The lowest BCUT2D eigenvalue weighted by Gasteiger charge is -2.26. The molecule has 16 heavy (non-hydrogen) atoms. The Morgan fingerprint density at radius 2 is 2.25 bits per heavy atom. The molecular weight excluding hydrogens is 214 g/mol. The molecule has 0 bridgehead atoms. The molecule has 4 nitrogen and oxygen atoms in total. The van der Waals surface area contributed by atoms with Crippen molar-refractivity contribution in [2.45, 2.75) is 44.6 Å². The number of rotatable bonds is 4. The Labute approximate surface area is 91.9 Å². The molecule has 1 heterocycles. The van der Waals surface area contributed by atoms with Gasteiger partial charge < -0.3 is 0 Å². The third kappa shape index (κ3) is 2.03. The van der Waals surface area contributed by atoms with E-state index in [0.29, 0.717) is 5.69 Å². The third-order valence-electron chi connectivity index (χ3n) is 2.90. The van der Waals surface area contributed by atoms with E-state index in [2.05, 4.69) is 10.3 Å². The quantitative estimate of drug-likeness (QED) is 0.787. The summed E-state index contributed by atoms with van der Waals surface area (Å²) in [5, 5.41) is 16.2. The Balaban J connectivity index is 2.26. The average molecular weight is 226 g/mol. The lowest BCUT2D eigenvalue weighted by atomic mass is 9.81. The van der Waals surface area contributed by atoms with Crippen molar-refractivity contribution in [3.8, 4) is 6.07 Å². The fourth-order valence-corrected chi connectivity index (χ4v) is 1.95. The first-order valence-electron chi connectivity index (χ1n) is 5.29. The molecule has 1 aliphatic rings. The van der Waals surface area contributed by atoms with Gasteiger partial charge in [-0.15, -0.1) is 5.10 Å². The summed E-state index contributed by atoms with van der Waals surface area (Å²) >= 11 is 0. The van der Waals surface area contributed by atoms with Crippen LogP contribution in [0, 0.1) is 11.3 Å². The maximum Gasteiger partial charge on any atom is 0.257 e. The van der Waals surface area contributed by atoms with E-state index in [1.54, 1.807) is 0 Å². The summed E-state index contributed by atoms with van der Waals surface area (Å²) in [6.45, 7) is -0.426. The van der Waals surface area contributed by atoms with Gasteiger partial charge in [0.15, 0.2) is 0 Å². The van der Waals surface area contributed by atoms with Gasteiger partial charge in [-0.2, -0.15) is 5.26 Å². The number of nitriles is 1. The zero-order chi connectivity index (χ0) is 11.5. The summed E-state index contributed by atoms with van der Waals surface area (Å²) in [7, 11) is 0. The van der Waals surface area contributed by atoms with Crippen LogP contribution in [-0.2, 0) is 13.0 Å². The normalized spacial score (nSPS) is 16.1. The maximum absolute atomic E-state index is 12.3. The van der Waals surface area contributed by atoms with Crippen LogP contribution in [0.2, 0.25) is 0 Å². The Kier molecular flexibility index (Phi) is 3.13. The van der Waals surface area contributed by atoms with Gasteiger partial charge in [0, 0.05) is 5.92 Å². The number of alkyl halides is 2. The first-order valence-corrected chi connectivity index (χ1v) is 5.29. The smallest absolute Gasteiger partial charge is 0.243 e. The van der Waals surface area contributed by atoms with Crippen molar-refractivity contribution in [3.63, 3.8) is 0 Å². The highest BCUT2D eigenvalue weighted by Crippen LogP contribution is 2.37. The molecule has 2 rings (SSSR count). The predicted octanol–water partition coefficient (Wildman–Crippen LogP) is 1.88. The molecule has 0 amide bonds. The summed E-state index contributed by atoms with van der Waals surface area (Å²) in [6, 6.07) is 1.99. The van der Waals surface area contributed by atoms with Gasteiger partial charge in [-0.05, 0) is 12.8 Å². The van der Waals surface area contributed by atoms with Gasteiger partial charge in [-0.3, -0.25) is 0 Å². The second kappa shape index (κ2) is 4.56. The van der Waals surface area contributed by atoms with Crippen LogP contribution in [0.15, 0.2) is 0 Å². The zero-order valence-electron chi connectivity index (χ0n) is 8.74. The Morgan fingerprint density at radius 3 is 2.75 bits per heavy atom. The molecule has 1 saturated carbocycles. The molecule has 0 aliphatic heterocycles. The predicted molar refractivity (Wildman–Crippen MR) is 51.9 cm³/mol. The molecular formula is C10H12F2N4. The summed E-state index contributed by atoms with van der Waals surface area (Å²) < 4.78 is 25.9. The molecule has 0 N–H and O–H groups in total. The van der Waals surface area contributed by atoms with E-state index in [1.807, 2.05) is 6.07 Å². The van der Waals surface area contributed by atoms with Crippen molar-refractivity contribution < 1.29 is 8.78 Å². The molecule has 0 atom stereocenters. The Morgan fingerprint density at radius 1 is 1.50 bits per heavy atom. The summed E-state index contributed by atoms with van der Waals surface area (Å²) in [5.41, 5.74) is 1.31. The van der Waals surface area contributed by atoms with Gasteiger partial charge >= 0.3 is 0 Å². The molecule has 86 valence electrons. The minimum Gasteiger partial charge on any atom is -0.243 e. The van der Waals surface area contributed by atoms with Gasteiger partial charge in [0.2, 0.25) is 0 Å². The van der Waals surface area contributed by atoms with Crippen molar-refractivity contribution in [2.24, 2.45) is 0 Å². The molecule has 1 aliphatic carbocycles. The van der Waals surface area contributed by atoms with Gasteiger partial charge in [0.1, 0.15) is 12.2 Å². The zero-order valence-corrected chi connectivity index (χ0v) is 8.74. The van der Waals surface area contributed by atoms with Crippen molar-refractivity contribution in [1.82, 2.24) is 15.0 Å². The van der Waals surface area contributed by atoms with E-state index in [4.69, 9.17) is 5.26 Å². The van der Waals surface area contributed by atoms with E-state index in [0.717, 1.165) is 25.0 Å². The molecule has 0 spiro atoms. The first-order chi connectivity index (χ1) is 7.72. The van der Waals surface area contributed by atoms with E-state index in [9.17, 15) is 8.78 Å². The largest absolute Gasteiger partial charge is 0.257 e. The fraction of sp³-hybridized carbons (Fsp3) is 0.700. The highest BCUT2D eigenvalue weighted by molar-refractivity contribution is 5.20. The monoisotopic (exact) mass is 226 g/mol. The van der Waals surface area contributed by atoms with Crippen LogP contribution in [-0.4, -0.2) is 21.4 Å². The Hall–Kier alpha value is -1.51. The summed E-state index contributed by atoms with van der Waals surface area (Å²) in [5.74, 6) is 0.261. The third-order valence-corrected chi connectivity index (χ3v) is 2.90. The molecule has 0 aromatic carbocycles. The second-order valence-electron chi connectivity index (χ2n) is 3.96. The van der Waals surface area contributed by atoms with Crippen LogP contribution in [0.4, 0.5) is 8.78 Å². The van der Waals surface area contributed by atoms with Crippen molar-refractivity contribution >= 4 is 0 Å². The van der Waals surface area contributed by atoms with Crippen LogP contribution in [0.5, 0.6) is 0 Å². The van der Waals surface area contributed by atoms with E-state index < -0.39 is 13.0 Å². The highest BCUT2D eigenvalue weighted by atomic mass is 19.3. The van der Waals surface area contributed by atoms with Gasteiger partial charge in [0.05, 0.1) is 18.2 Å². The topological polar surface area (TPSA) is 54.5 Å². The highest BCUT2D eigenvalue weighted by Gasteiger charge is 2.28. The number of hydrogen-bond acceptors (Lipinski definition) is 3. The second-order valence-corrected chi connectivity index (χ2v) is 3.96. The lowest BCUT2D eigenvalue weighted by Crippen LogP contribution is -2.19. The van der Waals surface area contributed by atoms with Crippen LogP contribution >= 0.6 is 0 Å². The van der Waals surface area contributed by atoms with Crippen molar-refractivity contribution in [2.75, 3.05) is 0 Å². The Bertz CT molecular complexity index is 403. The molecule has 0 radical (unpaired) electrons.